The van der Waals surface area contributed by atoms with Crippen LogP contribution in [0, 0.1) is 6.92 Å². The Morgan fingerprint density at radius 1 is 1.29 bits per heavy atom. The summed E-state index contributed by atoms with van der Waals surface area (Å²) in [4.78, 5) is 24.8. The third-order valence-corrected chi connectivity index (χ3v) is 4.33. The van der Waals surface area contributed by atoms with Gasteiger partial charge in [0.1, 0.15) is 12.3 Å². The van der Waals surface area contributed by atoms with Crippen molar-refractivity contribution in [3.63, 3.8) is 0 Å². The summed E-state index contributed by atoms with van der Waals surface area (Å²) in [5.74, 6) is 0. The van der Waals surface area contributed by atoms with E-state index in [1.807, 2.05) is 0 Å². The zero-order valence-electron chi connectivity index (χ0n) is 13.9. The number of aromatic nitrogens is 2. The van der Waals surface area contributed by atoms with Crippen LogP contribution in [0.2, 0.25) is 0 Å². The van der Waals surface area contributed by atoms with Crippen LogP contribution in [0.25, 0.3) is 0 Å². The Morgan fingerprint density at radius 2 is 2.00 bits per heavy atom. The molecule has 2 heterocycles. The lowest BCUT2D eigenvalue weighted by Crippen LogP contribution is -2.42. The van der Waals surface area contributed by atoms with Crippen LogP contribution in [0.15, 0.2) is 15.8 Å². The van der Waals surface area contributed by atoms with Gasteiger partial charge in [-0.15, -0.1) is 0 Å². The van der Waals surface area contributed by atoms with Crippen molar-refractivity contribution >= 4 is 0 Å². The fraction of sp³-hybridized carbons (Fsp3) is 0.750. The number of aryl methyl sites for hydroxylation is 1. The summed E-state index contributed by atoms with van der Waals surface area (Å²) in [5, 5.41) is 19.0. The molecule has 3 atom stereocenters. The Morgan fingerprint density at radius 3 is 2.62 bits per heavy atom. The summed E-state index contributed by atoms with van der Waals surface area (Å²) in [5.41, 5.74) is -0.435. The summed E-state index contributed by atoms with van der Waals surface area (Å²) in [6, 6.07) is 0. The van der Waals surface area contributed by atoms with Gasteiger partial charge in [-0.05, 0) is 19.8 Å². The van der Waals surface area contributed by atoms with Crippen molar-refractivity contribution in [3.05, 3.63) is 32.6 Å². The number of ether oxygens (including phenoxy) is 1. The molecule has 0 saturated carbocycles. The molecule has 1 aromatic rings. The SMILES string of the molecule is Cc1cn([C@H]2C[C@H](O)[C@@H](CO)O2)c(=O)n(CCCCCCF)c1=O. The Kier molecular flexibility index (Phi) is 6.70. The minimum absolute atomic E-state index is 0.180. The molecule has 1 aliphatic heterocycles. The Labute approximate surface area is 139 Å². The number of aliphatic hydroxyl groups excluding tert-OH is 2. The molecule has 7 nitrogen and oxygen atoms in total. The lowest BCUT2D eigenvalue weighted by Gasteiger charge is -2.17. The molecule has 0 bridgehead atoms. The third-order valence-electron chi connectivity index (χ3n) is 4.33. The quantitative estimate of drug-likeness (QED) is 0.670. The highest BCUT2D eigenvalue weighted by atomic mass is 19.1. The second-order valence-corrected chi connectivity index (χ2v) is 6.18. The second-order valence-electron chi connectivity index (χ2n) is 6.18. The first-order valence-electron chi connectivity index (χ1n) is 8.32. The molecule has 1 aliphatic rings. The van der Waals surface area contributed by atoms with Gasteiger partial charge in [-0.2, -0.15) is 0 Å². The molecular weight excluding hydrogens is 319 g/mol. The Bertz CT molecular complexity index is 657. The first-order chi connectivity index (χ1) is 11.5. The van der Waals surface area contributed by atoms with Gasteiger partial charge in [0.15, 0.2) is 0 Å². The van der Waals surface area contributed by atoms with Crippen molar-refractivity contribution in [2.24, 2.45) is 0 Å². The summed E-state index contributed by atoms with van der Waals surface area (Å²) in [6.07, 6.45) is 1.89. The van der Waals surface area contributed by atoms with Crippen molar-refractivity contribution in [1.29, 1.82) is 0 Å². The number of rotatable bonds is 8. The second kappa shape index (κ2) is 8.55. The lowest BCUT2D eigenvalue weighted by atomic mass is 10.2. The number of unbranched alkanes of at least 4 members (excludes halogenated alkanes) is 3. The van der Waals surface area contributed by atoms with Gasteiger partial charge in [0.2, 0.25) is 0 Å². The molecule has 2 N–H and O–H groups in total. The molecule has 1 aromatic heterocycles. The van der Waals surface area contributed by atoms with Gasteiger partial charge in [-0.3, -0.25) is 18.3 Å². The van der Waals surface area contributed by atoms with E-state index in [1.165, 1.54) is 10.8 Å². The molecular formula is C16H25FN2O5. The first-order valence-corrected chi connectivity index (χ1v) is 8.32. The highest BCUT2D eigenvalue weighted by Crippen LogP contribution is 2.27. The maximum Gasteiger partial charge on any atom is 0.333 e. The summed E-state index contributed by atoms with van der Waals surface area (Å²) in [7, 11) is 0. The van der Waals surface area contributed by atoms with Gasteiger partial charge in [0.25, 0.3) is 5.56 Å². The van der Waals surface area contributed by atoms with Gasteiger partial charge >= 0.3 is 5.69 Å². The van der Waals surface area contributed by atoms with Crippen molar-refractivity contribution in [2.45, 2.75) is 64.0 Å². The zero-order chi connectivity index (χ0) is 17.7. The fourth-order valence-electron chi connectivity index (χ4n) is 2.93. The number of alkyl halides is 1. The fourth-order valence-corrected chi connectivity index (χ4v) is 2.93. The highest BCUT2D eigenvalue weighted by Gasteiger charge is 2.35. The minimum Gasteiger partial charge on any atom is -0.394 e. The lowest BCUT2D eigenvalue weighted by molar-refractivity contribution is -0.0464. The standard InChI is InChI=1S/C16H25FN2O5/c1-11-9-19(14-8-12(21)13(10-20)24-14)16(23)18(15(11)22)7-5-3-2-4-6-17/h9,12-14,20-21H,2-8,10H2,1H3/t12-,13+,14+/m0/s1. The summed E-state index contributed by atoms with van der Waals surface area (Å²) in [6.45, 7) is 1.20. The first kappa shape index (κ1) is 18.8. The van der Waals surface area contributed by atoms with E-state index in [-0.39, 0.29) is 31.8 Å². The van der Waals surface area contributed by atoms with E-state index in [4.69, 9.17) is 9.84 Å². The molecule has 136 valence electrons. The number of hydrogen-bond acceptors (Lipinski definition) is 5. The van der Waals surface area contributed by atoms with E-state index in [0.717, 1.165) is 17.4 Å². The molecule has 24 heavy (non-hydrogen) atoms. The van der Waals surface area contributed by atoms with E-state index >= 15 is 0 Å². The van der Waals surface area contributed by atoms with Crippen LogP contribution in [-0.2, 0) is 11.3 Å². The van der Waals surface area contributed by atoms with Crippen molar-refractivity contribution in [1.82, 2.24) is 9.13 Å². The monoisotopic (exact) mass is 344 g/mol. The van der Waals surface area contributed by atoms with Gasteiger partial charge in [-0.1, -0.05) is 12.8 Å². The molecule has 0 spiro atoms. The molecule has 0 unspecified atom stereocenters. The van der Waals surface area contributed by atoms with E-state index < -0.39 is 24.1 Å². The average Bonchev–Trinajstić information content (AvgIpc) is 2.94. The predicted octanol–water partition coefficient (Wildman–Crippen LogP) is 0.489. The van der Waals surface area contributed by atoms with Gasteiger partial charge in [0, 0.05) is 24.7 Å². The number of halogens is 1. The van der Waals surface area contributed by atoms with E-state index in [0.29, 0.717) is 18.4 Å². The Balaban J connectivity index is 2.19. The molecule has 0 amide bonds. The van der Waals surface area contributed by atoms with Gasteiger partial charge in [0.05, 0.1) is 19.4 Å². The van der Waals surface area contributed by atoms with E-state index in [1.54, 1.807) is 6.92 Å². The largest absolute Gasteiger partial charge is 0.394 e. The van der Waals surface area contributed by atoms with Crippen LogP contribution >= 0.6 is 0 Å². The van der Waals surface area contributed by atoms with Crippen molar-refractivity contribution in [3.8, 4) is 0 Å². The van der Waals surface area contributed by atoms with Crippen LogP contribution in [0.3, 0.4) is 0 Å². The Hall–Kier alpha value is -1.51. The van der Waals surface area contributed by atoms with Crippen LogP contribution in [0.4, 0.5) is 4.39 Å². The minimum atomic E-state index is -0.853. The molecule has 0 radical (unpaired) electrons. The molecule has 1 saturated heterocycles. The summed E-state index contributed by atoms with van der Waals surface area (Å²) >= 11 is 0. The molecule has 8 heteroatoms. The maximum atomic E-state index is 12.6. The zero-order valence-corrected chi connectivity index (χ0v) is 13.9. The number of aliphatic hydroxyl groups is 2. The molecule has 0 aliphatic carbocycles. The highest BCUT2D eigenvalue weighted by molar-refractivity contribution is 5.04. The van der Waals surface area contributed by atoms with Crippen molar-refractivity contribution in [2.75, 3.05) is 13.3 Å². The third kappa shape index (κ3) is 4.12. The normalized spacial score (nSPS) is 23.8. The van der Waals surface area contributed by atoms with Gasteiger partial charge < -0.3 is 14.9 Å². The topological polar surface area (TPSA) is 93.7 Å². The number of hydrogen-bond donors (Lipinski definition) is 2. The van der Waals surface area contributed by atoms with Crippen LogP contribution in [0.5, 0.6) is 0 Å². The van der Waals surface area contributed by atoms with Crippen molar-refractivity contribution < 1.29 is 19.3 Å². The number of nitrogens with zero attached hydrogens (tertiary/aromatic N) is 2. The summed E-state index contributed by atoms with van der Waals surface area (Å²) < 4.78 is 20.0. The van der Waals surface area contributed by atoms with E-state index in [9.17, 15) is 19.1 Å². The van der Waals surface area contributed by atoms with Gasteiger partial charge in [-0.25, -0.2) is 4.79 Å². The van der Waals surface area contributed by atoms with Crippen LogP contribution in [-0.4, -0.2) is 44.8 Å². The molecule has 0 aromatic carbocycles. The van der Waals surface area contributed by atoms with Crippen LogP contribution < -0.4 is 11.2 Å². The van der Waals surface area contributed by atoms with Crippen LogP contribution in [0.1, 0.15) is 43.9 Å². The molecule has 2 rings (SSSR count). The predicted molar refractivity (Wildman–Crippen MR) is 85.8 cm³/mol. The smallest absolute Gasteiger partial charge is 0.333 e. The maximum absolute atomic E-state index is 12.6. The van der Waals surface area contributed by atoms with E-state index in [2.05, 4.69) is 0 Å². The molecule has 1 fully saturated rings. The average molecular weight is 344 g/mol.